The Hall–Kier alpha value is -3.52. The average molecular weight is 591 g/mol. The van der Waals surface area contributed by atoms with Gasteiger partial charge in [0.25, 0.3) is 0 Å². The first-order chi connectivity index (χ1) is 20.9. The van der Waals surface area contributed by atoms with Gasteiger partial charge in [0.1, 0.15) is 5.69 Å². The fourth-order valence-corrected chi connectivity index (χ4v) is 6.94. The van der Waals surface area contributed by atoms with Gasteiger partial charge in [-0.2, -0.15) is 0 Å². The predicted octanol–water partition coefficient (Wildman–Crippen LogP) is 6.27. The third kappa shape index (κ3) is 7.18. The van der Waals surface area contributed by atoms with Gasteiger partial charge in [-0.15, -0.1) is 0 Å². The number of nitrogens with one attached hydrogen (secondary N) is 1. The van der Waals surface area contributed by atoms with E-state index in [2.05, 4.69) is 4.98 Å². The van der Waals surface area contributed by atoms with Crippen LogP contribution in [0, 0.1) is 17.8 Å². The molecule has 3 aromatic rings. The van der Waals surface area contributed by atoms with Crippen molar-refractivity contribution in [1.29, 1.82) is 0 Å². The fourth-order valence-electron chi connectivity index (χ4n) is 6.94. The number of hydrogen-bond acceptors (Lipinski definition) is 5. The highest BCUT2D eigenvalue weighted by Gasteiger charge is 2.44. The molecule has 1 saturated heterocycles. The Morgan fingerprint density at radius 3 is 2.49 bits per heavy atom. The zero-order valence-electron chi connectivity index (χ0n) is 25.2. The van der Waals surface area contributed by atoms with E-state index in [1.165, 1.54) is 0 Å². The number of fused-ring (bicyclic) bond motifs is 1. The summed E-state index contributed by atoms with van der Waals surface area (Å²) in [7, 11) is 1.61. The average Bonchev–Trinajstić information content (AvgIpc) is 3.68. The number of ketones is 1. The molecule has 43 heavy (non-hydrogen) atoms. The second-order valence-corrected chi connectivity index (χ2v) is 12.3. The molecule has 8 heteroatoms. The summed E-state index contributed by atoms with van der Waals surface area (Å²) in [4.78, 5) is 45.4. The summed E-state index contributed by atoms with van der Waals surface area (Å²) in [6.07, 6.45) is 4.78. The van der Waals surface area contributed by atoms with Crippen molar-refractivity contribution in [1.82, 2.24) is 9.88 Å². The first kappa shape index (κ1) is 30.9. The van der Waals surface area contributed by atoms with Crippen LogP contribution in [-0.2, 0) is 25.5 Å². The van der Waals surface area contributed by atoms with Crippen LogP contribution in [0.5, 0.6) is 0 Å². The summed E-state index contributed by atoms with van der Waals surface area (Å²) in [5, 5.41) is 0.826. The van der Waals surface area contributed by atoms with Crippen LogP contribution in [0.15, 0.2) is 54.6 Å². The number of Topliss-reactive ketones (excluding diaryl/α,β-unsaturated/α-hetero) is 1. The molecule has 230 valence electrons. The van der Waals surface area contributed by atoms with Crippen LogP contribution in [0.2, 0.25) is 0 Å². The van der Waals surface area contributed by atoms with Crippen LogP contribution >= 0.6 is 0 Å². The maximum Gasteiger partial charge on any atom is 0.354 e. The number of benzene rings is 2. The van der Waals surface area contributed by atoms with E-state index in [4.69, 9.17) is 9.47 Å². The molecule has 1 aliphatic heterocycles. The van der Waals surface area contributed by atoms with Crippen LogP contribution in [0.4, 0.5) is 4.39 Å². The van der Waals surface area contributed by atoms with Crippen molar-refractivity contribution in [3.8, 4) is 0 Å². The Balaban J connectivity index is 1.31. The highest BCUT2D eigenvalue weighted by atomic mass is 19.1. The largest absolute Gasteiger partial charge is 0.461 e. The molecule has 0 spiro atoms. The van der Waals surface area contributed by atoms with Crippen molar-refractivity contribution in [3.05, 3.63) is 71.4 Å². The number of rotatable bonds is 12. The summed E-state index contributed by atoms with van der Waals surface area (Å²) in [5.74, 6) is -0.162. The number of carbonyl (C=O) groups is 3. The lowest BCUT2D eigenvalue weighted by Crippen LogP contribution is -2.46. The topological polar surface area (TPSA) is 88.7 Å². The Kier molecular flexibility index (Phi) is 10.3. The van der Waals surface area contributed by atoms with Crippen molar-refractivity contribution >= 4 is 28.6 Å². The lowest BCUT2D eigenvalue weighted by Gasteiger charge is -2.35. The molecular weight excluding hydrogens is 547 g/mol. The van der Waals surface area contributed by atoms with E-state index < -0.39 is 12.0 Å². The molecule has 2 aliphatic rings. The smallest absolute Gasteiger partial charge is 0.354 e. The number of methoxy groups -OCH3 is 1. The summed E-state index contributed by atoms with van der Waals surface area (Å²) in [6, 6.07) is 16.9. The molecule has 1 aliphatic carbocycles. The molecule has 2 heterocycles. The van der Waals surface area contributed by atoms with Crippen LogP contribution in [0.3, 0.4) is 0 Å². The number of hydrogen-bond donors (Lipinski definition) is 1. The molecular formula is C35H43FN2O5. The molecule has 1 unspecified atom stereocenters. The number of halogens is 1. The van der Waals surface area contributed by atoms with Crippen molar-refractivity contribution in [2.24, 2.45) is 17.8 Å². The summed E-state index contributed by atoms with van der Waals surface area (Å²) in [5.41, 5.74) is 3.07. The third-order valence-electron chi connectivity index (χ3n) is 9.42. The van der Waals surface area contributed by atoms with E-state index >= 15 is 0 Å². The number of alkyl halides is 1. The Labute approximate surface area is 253 Å². The number of aromatic amines is 1. The van der Waals surface area contributed by atoms with Gasteiger partial charge in [0.15, 0.2) is 5.78 Å². The van der Waals surface area contributed by atoms with Crippen LogP contribution in [0.25, 0.3) is 10.9 Å². The number of amides is 1. The van der Waals surface area contributed by atoms with Gasteiger partial charge >= 0.3 is 5.97 Å². The first-order valence-corrected chi connectivity index (χ1v) is 15.6. The van der Waals surface area contributed by atoms with Gasteiger partial charge in [-0.1, -0.05) is 43.3 Å². The highest BCUT2D eigenvalue weighted by Crippen LogP contribution is 2.39. The molecule has 3 atom stereocenters. The molecule has 7 nitrogen and oxygen atoms in total. The lowest BCUT2D eigenvalue weighted by molar-refractivity contribution is -0.142. The normalized spacial score (nSPS) is 22.9. The zero-order chi connectivity index (χ0) is 30.3. The summed E-state index contributed by atoms with van der Waals surface area (Å²) < 4.78 is 23.6. The monoisotopic (exact) mass is 590 g/mol. The number of esters is 1. The van der Waals surface area contributed by atoms with Gasteiger partial charge in [0.05, 0.1) is 19.3 Å². The highest BCUT2D eigenvalue weighted by molar-refractivity contribution is 5.96. The second-order valence-electron chi connectivity index (χ2n) is 12.3. The van der Waals surface area contributed by atoms with Gasteiger partial charge in [-0.25, -0.2) is 4.79 Å². The maximum atomic E-state index is 14.1. The minimum atomic E-state index is -0.531. The quantitative estimate of drug-likeness (QED) is 0.198. The Bertz CT molecular complexity index is 1400. The maximum absolute atomic E-state index is 14.1. The van der Waals surface area contributed by atoms with Gasteiger partial charge in [-0.3, -0.25) is 14.0 Å². The molecule has 0 radical (unpaired) electrons. The zero-order valence-corrected chi connectivity index (χ0v) is 25.2. The third-order valence-corrected chi connectivity index (χ3v) is 9.42. The second kappa shape index (κ2) is 14.3. The Morgan fingerprint density at radius 1 is 1.00 bits per heavy atom. The van der Waals surface area contributed by atoms with Crippen LogP contribution in [-0.4, -0.2) is 67.1 Å². The van der Waals surface area contributed by atoms with E-state index in [1.54, 1.807) is 13.2 Å². The molecule has 1 N–H and O–H groups in total. The van der Waals surface area contributed by atoms with E-state index in [9.17, 15) is 18.8 Å². The van der Waals surface area contributed by atoms with Gasteiger partial charge < -0.3 is 19.4 Å². The molecule has 1 amide bonds. The number of likely N-dealkylation sites (tertiary alicyclic amines) is 1. The molecule has 1 aromatic heterocycles. The van der Waals surface area contributed by atoms with E-state index in [-0.39, 0.29) is 49.1 Å². The summed E-state index contributed by atoms with van der Waals surface area (Å²) in [6.45, 7) is 2.99. The van der Waals surface area contributed by atoms with E-state index in [1.807, 2.05) is 60.4 Å². The number of aromatic nitrogens is 1. The lowest BCUT2D eigenvalue weighted by atomic mass is 9.76. The van der Waals surface area contributed by atoms with Crippen molar-refractivity contribution in [3.63, 3.8) is 0 Å². The minimum Gasteiger partial charge on any atom is -0.461 e. The fraction of sp³-hybridized carbons (Fsp3) is 0.514. The van der Waals surface area contributed by atoms with Crippen molar-refractivity contribution in [2.45, 2.75) is 63.8 Å². The van der Waals surface area contributed by atoms with Crippen molar-refractivity contribution < 1.29 is 28.2 Å². The van der Waals surface area contributed by atoms with Crippen LogP contribution < -0.4 is 0 Å². The molecule has 1 saturated carbocycles. The SMILES string of the molecule is COCCCOC(=O)c1cc2cc(CC(=O)[C@@H]3[C@@H](c4ccccc4)CCN3C(=O)C3CCC(C(C)CF)CC3)ccc2[nH]1. The van der Waals surface area contributed by atoms with Crippen molar-refractivity contribution in [2.75, 3.05) is 33.5 Å². The Morgan fingerprint density at radius 2 is 1.77 bits per heavy atom. The summed E-state index contributed by atoms with van der Waals surface area (Å²) >= 11 is 0. The number of carbonyl (C=O) groups excluding carboxylic acids is 3. The predicted molar refractivity (Wildman–Crippen MR) is 164 cm³/mol. The number of H-pyrrole nitrogens is 1. The minimum absolute atomic E-state index is 0.0205. The van der Waals surface area contributed by atoms with Gasteiger partial charge in [0, 0.05) is 55.8 Å². The molecule has 2 aromatic carbocycles. The molecule has 2 fully saturated rings. The van der Waals surface area contributed by atoms with Crippen LogP contribution in [0.1, 0.15) is 73.0 Å². The first-order valence-electron chi connectivity index (χ1n) is 15.6. The number of ether oxygens (including phenoxy) is 2. The molecule has 5 rings (SSSR count). The van der Waals surface area contributed by atoms with E-state index in [0.717, 1.165) is 54.1 Å². The molecule has 0 bridgehead atoms. The standard InChI is InChI=1S/C35H43FN2O5/c1-23(22-36)25-10-12-27(13-11-25)34(40)38-16-15-29(26-7-4-3-5-8-26)33(38)32(39)20-24-9-14-30-28(19-24)21-31(37-30)35(41)43-18-6-17-42-2/h3-5,7-9,14,19,21,23,25,27,29,33,37H,6,10-13,15-18,20,22H2,1-2H3/t23?,25?,27?,29-,33+/m1/s1. The van der Waals surface area contributed by atoms with Gasteiger partial charge in [0.2, 0.25) is 5.91 Å². The van der Waals surface area contributed by atoms with Gasteiger partial charge in [-0.05, 0) is 73.3 Å². The van der Waals surface area contributed by atoms with E-state index in [0.29, 0.717) is 31.2 Å². The number of nitrogens with zero attached hydrogens (tertiary/aromatic N) is 1.